The van der Waals surface area contributed by atoms with Crippen molar-refractivity contribution in [2.45, 2.75) is 0 Å². The number of thiocarbonyl (C=S) groups is 1. The Hall–Kier alpha value is -3.00. The number of amides is 1. The number of aromatic hydroxyl groups is 1. The van der Waals surface area contributed by atoms with Gasteiger partial charge in [0.15, 0.2) is 5.11 Å². The molecular formula is C21H14ClN3O2S2. The quantitative estimate of drug-likeness (QED) is 0.292. The minimum absolute atomic E-state index is 0.112. The maximum atomic E-state index is 12.3. The lowest BCUT2D eigenvalue weighted by Gasteiger charge is -2.11. The number of benzene rings is 3. The molecule has 1 amide bonds. The van der Waals surface area contributed by atoms with Crippen LogP contribution in [0.5, 0.6) is 5.75 Å². The molecule has 0 saturated carbocycles. The summed E-state index contributed by atoms with van der Waals surface area (Å²) >= 11 is 12.8. The lowest BCUT2D eigenvalue weighted by Crippen LogP contribution is -2.34. The van der Waals surface area contributed by atoms with Gasteiger partial charge in [-0.1, -0.05) is 35.9 Å². The molecule has 0 radical (unpaired) electrons. The molecule has 1 heterocycles. The number of nitrogens with one attached hydrogen (secondary N) is 2. The smallest absolute Gasteiger partial charge is 0.258 e. The third kappa shape index (κ3) is 4.22. The standard InChI is InChI=1S/C21H14ClN3O2S2/c22-15-6-2-1-5-13(15)19(27)25-21(28)23-12-9-10-17(26)14(11-12)20-24-16-7-3-4-8-18(16)29-20/h1-11,26H,(H2,23,25,27,28). The Balaban J connectivity index is 1.53. The molecule has 4 rings (SSSR count). The van der Waals surface area contributed by atoms with E-state index in [1.807, 2.05) is 24.3 Å². The fourth-order valence-electron chi connectivity index (χ4n) is 2.75. The third-order valence-corrected chi connectivity index (χ3v) is 5.73. The largest absolute Gasteiger partial charge is 0.507 e. The lowest BCUT2D eigenvalue weighted by atomic mass is 10.2. The lowest BCUT2D eigenvalue weighted by molar-refractivity contribution is 0.0978. The Morgan fingerprint density at radius 2 is 1.83 bits per heavy atom. The highest BCUT2D eigenvalue weighted by molar-refractivity contribution is 7.80. The van der Waals surface area contributed by atoms with Gasteiger partial charge in [-0.2, -0.15) is 0 Å². The van der Waals surface area contributed by atoms with E-state index in [1.54, 1.807) is 42.5 Å². The summed E-state index contributed by atoms with van der Waals surface area (Å²) < 4.78 is 1.03. The Labute approximate surface area is 181 Å². The third-order valence-electron chi connectivity index (χ3n) is 4.12. The number of hydrogen-bond donors (Lipinski definition) is 3. The molecule has 0 bridgehead atoms. The number of hydrogen-bond acceptors (Lipinski definition) is 5. The molecule has 0 aliphatic heterocycles. The Morgan fingerprint density at radius 1 is 1.07 bits per heavy atom. The fraction of sp³-hybridized carbons (Fsp3) is 0. The van der Waals surface area contributed by atoms with Crippen LogP contribution in [-0.2, 0) is 0 Å². The number of fused-ring (bicyclic) bond motifs is 1. The SMILES string of the molecule is O=C(NC(=S)Nc1ccc(O)c(-c2nc3ccccc3s2)c1)c1ccccc1Cl. The summed E-state index contributed by atoms with van der Waals surface area (Å²) in [4.78, 5) is 16.9. The van der Waals surface area contributed by atoms with Crippen molar-refractivity contribution in [2.75, 3.05) is 5.32 Å². The highest BCUT2D eigenvalue weighted by Crippen LogP contribution is 2.36. The van der Waals surface area contributed by atoms with Crippen LogP contribution >= 0.6 is 35.2 Å². The van der Waals surface area contributed by atoms with Gasteiger partial charge in [-0.25, -0.2) is 4.98 Å². The first-order chi connectivity index (χ1) is 14.0. The molecule has 0 aliphatic rings. The number of anilines is 1. The number of phenolic OH excluding ortho intramolecular Hbond substituents is 1. The molecule has 0 fully saturated rings. The van der Waals surface area contributed by atoms with E-state index < -0.39 is 5.91 Å². The van der Waals surface area contributed by atoms with Gasteiger partial charge in [-0.3, -0.25) is 10.1 Å². The average Bonchev–Trinajstić information content (AvgIpc) is 3.13. The molecule has 3 aromatic carbocycles. The van der Waals surface area contributed by atoms with E-state index in [0.29, 0.717) is 26.8 Å². The highest BCUT2D eigenvalue weighted by atomic mass is 35.5. The van der Waals surface area contributed by atoms with Crippen LogP contribution in [0.4, 0.5) is 5.69 Å². The zero-order valence-electron chi connectivity index (χ0n) is 14.8. The van der Waals surface area contributed by atoms with Crippen LogP contribution in [0.25, 0.3) is 20.8 Å². The first-order valence-corrected chi connectivity index (χ1v) is 10.2. The van der Waals surface area contributed by atoms with Crippen LogP contribution in [-0.4, -0.2) is 21.1 Å². The summed E-state index contributed by atoms with van der Waals surface area (Å²) in [6.07, 6.45) is 0. The maximum absolute atomic E-state index is 12.3. The van der Waals surface area contributed by atoms with Crippen LogP contribution in [0.1, 0.15) is 10.4 Å². The van der Waals surface area contributed by atoms with Crippen molar-refractivity contribution in [3.05, 3.63) is 77.3 Å². The van der Waals surface area contributed by atoms with Crippen LogP contribution < -0.4 is 10.6 Å². The van der Waals surface area contributed by atoms with Crippen molar-refractivity contribution in [3.63, 3.8) is 0 Å². The van der Waals surface area contributed by atoms with E-state index in [9.17, 15) is 9.90 Å². The molecule has 0 aliphatic carbocycles. The predicted octanol–water partition coefficient (Wildman–Crippen LogP) is 5.45. The van der Waals surface area contributed by atoms with Crippen molar-refractivity contribution in [3.8, 4) is 16.3 Å². The van der Waals surface area contributed by atoms with E-state index in [-0.39, 0.29) is 10.9 Å². The number of halogens is 1. The fourth-order valence-corrected chi connectivity index (χ4v) is 4.17. The number of carbonyl (C=O) groups excluding carboxylic acids is 1. The zero-order valence-corrected chi connectivity index (χ0v) is 17.2. The molecule has 29 heavy (non-hydrogen) atoms. The number of carbonyl (C=O) groups is 1. The number of thiazole rings is 1. The molecule has 1 aromatic heterocycles. The van der Waals surface area contributed by atoms with Gasteiger partial charge in [-0.05, 0) is 54.7 Å². The molecule has 0 unspecified atom stereocenters. The normalized spacial score (nSPS) is 10.7. The second-order valence-corrected chi connectivity index (χ2v) is 7.95. The van der Waals surface area contributed by atoms with Gasteiger partial charge in [0.1, 0.15) is 10.8 Å². The monoisotopic (exact) mass is 439 g/mol. The molecular weight excluding hydrogens is 426 g/mol. The van der Waals surface area contributed by atoms with Gasteiger partial charge >= 0.3 is 0 Å². The molecule has 8 heteroatoms. The second kappa shape index (κ2) is 8.16. The van der Waals surface area contributed by atoms with Crippen molar-refractivity contribution in [2.24, 2.45) is 0 Å². The summed E-state index contributed by atoms with van der Waals surface area (Å²) in [6, 6.07) is 19.5. The van der Waals surface area contributed by atoms with Crippen LogP contribution in [0.2, 0.25) is 5.02 Å². The second-order valence-electron chi connectivity index (χ2n) is 6.11. The Morgan fingerprint density at radius 3 is 2.62 bits per heavy atom. The number of nitrogens with zero attached hydrogens (tertiary/aromatic N) is 1. The van der Waals surface area contributed by atoms with Crippen molar-refractivity contribution < 1.29 is 9.90 Å². The van der Waals surface area contributed by atoms with E-state index in [1.165, 1.54) is 11.3 Å². The molecule has 4 aromatic rings. The van der Waals surface area contributed by atoms with E-state index >= 15 is 0 Å². The summed E-state index contributed by atoms with van der Waals surface area (Å²) in [5.41, 5.74) is 2.39. The minimum Gasteiger partial charge on any atom is -0.507 e. The molecule has 0 spiro atoms. The predicted molar refractivity (Wildman–Crippen MR) is 122 cm³/mol. The van der Waals surface area contributed by atoms with Gasteiger partial charge in [0.05, 0.1) is 26.4 Å². The minimum atomic E-state index is -0.404. The van der Waals surface area contributed by atoms with Crippen LogP contribution in [0.3, 0.4) is 0 Å². The molecule has 0 atom stereocenters. The molecule has 144 valence electrons. The summed E-state index contributed by atoms with van der Waals surface area (Å²) in [5, 5.41) is 17.0. The topological polar surface area (TPSA) is 74.2 Å². The van der Waals surface area contributed by atoms with Gasteiger partial charge in [0.25, 0.3) is 5.91 Å². The Bertz CT molecular complexity index is 1210. The number of rotatable bonds is 3. The van der Waals surface area contributed by atoms with Crippen molar-refractivity contribution >= 4 is 62.1 Å². The Kier molecular flexibility index (Phi) is 5.44. The first kappa shape index (κ1) is 19.3. The molecule has 5 nitrogen and oxygen atoms in total. The maximum Gasteiger partial charge on any atom is 0.258 e. The molecule has 3 N–H and O–H groups in total. The van der Waals surface area contributed by atoms with Crippen LogP contribution in [0.15, 0.2) is 66.7 Å². The van der Waals surface area contributed by atoms with E-state index in [2.05, 4.69) is 15.6 Å². The average molecular weight is 440 g/mol. The summed E-state index contributed by atoms with van der Waals surface area (Å²) in [6.45, 7) is 0. The molecule has 0 saturated heterocycles. The van der Waals surface area contributed by atoms with Gasteiger partial charge < -0.3 is 10.4 Å². The van der Waals surface area contributed by atoms with Gasteiger partial charge in [0.2, 0.25) is 0 Å². The summed E-state index contributed by atoms with van der Waals surface area (Å²) in [5.74, 6) is -0.293. The summed E-state index contributed by atoms with van der Waals surface area (Å²) in [7, 11) is 0. The van der Waals surface area contributed by atoms with Crippen molar-refractivity contribution in [1.29, 1.82) is 0 Å². The van der Waals surface area contributed by atoms with Gasteiger partial charge in [0, 0.05) is 5.69 Å². The van der Waals surface area contributed by atoms with E-state index in [0.717, 1.165) is 10.2 Å². The van der Waals surface area contributed by atoms with Crippen LogP contribution in [0, 0.1) is 0 Å². The first-order valence-electron chi connectivity index (χ1n) is 8.57. The highest BCUT2D eigenvalue weighted by Gasteiger charge is 2.14. The van der Waals surface area contributed by atoms with Crippen molar-refractivity contribution in [1.82, 2.24) is 10.3 Å². The van der Waals surface area contributed by atoms with E-state index in [4.69, 9.17) is 23.8 Å². The number of aromatic nitrogens is 1. The van der Waals surface area contributed by atoms with Gasteiger partial charge in [-0.15, -0.1) is 11.3 Å². The number of phenols is 1. The number of para-hydroxylation sites is 1. The zero-order chi connectivity index (χ0) is 20.4.